The lowest BCUT2D eigenvalue weighted by Gasteiger charge is -2.04. The number of pyridine rings is 1. The number of carboxylic acids is 1. The van der Waals surface area contributed by atoms with E-state index in [0.717, 1.165) is 22.3 Å². The molecule has 0 amide bonds. The van der Waals surface area contributed by atoms with Crippen LogP contribution < -0.4 is 0 Å². The fourth-order valence-electron chi connectivity index (χ4n) is 1.99. The number of carbonyl (C=O) groups is 1. The van der Waals surface area contributed by atoms with Crippen LogP contribution >= 0.6 is 0 Å². The standard InChI is InChI=1S/C14H11N3O2/c18-14(19)8-10-1-3-12-11(7-10)2-4-13(16-12)17-6-5-15-9-17/h1-7,9H,8H2,(H,18,19). The third-order valence-electron chi connectivity index (χ3n) is 2.86. The molecule has 5 nitrogen and oxygen atoms in total. The molecule has 1 N–H and O–H groups in total. The van der Waals surface area contributed by atoms with Gasteiger partial charge in [-0.1, -0.05) is 6.07 Å². The Morgan fingerprint density at radius 3 is 2.89 bits per heavy atom. The first-order chi connectivity index (χ1) is 9.22. The molecule has 2 heterocycles. The number of aliphatic carboxylic acids is 1. The molecule has 2 aromatic heterocycles. The quantitative estimate of drug-likeness (QED) is 0.775. The fraction of sp³-hybridized carbons (Fsp3) is 0.0714. The number of benzene rings is 1. The molecule has 19 heavy (non-hydrogen) atoms. The summed E-state index contributed by atoms with van der Waals surface area (Å²) in [5, 5.41) is 9.72. The van der Waals surface area contributed by atoms with Gasteiger partial charge >= 0.3 is 5.97 Å². The number of nitrogens with zero attached hydrogens (tertiary/aromatic N) is 3. The van der Waals surface area contributed by atoms with Crippen molar-refractivity contribution in [2.75, 3.05) is 0 Å². The van der Waals surface area contributed by atoms with Gasteiger partial charge in [-0.2, -0.15) is 0 Å². The smallest absolute Gasteiger partial charge is 0.307 e. The minimum atomic E-state index is -0.831. The van der Waals surface area contributed by atoms with Crippen LogP contribution in [0.3, 0.4) is 0 Å². The van der Waals surface area contributed by atoms with Crippen molar-refractivity contribution in [3.8, 4) is 5.82 Å². The molecule has 0 aliphatic rings. The Hall–Kier alpha value is -2.69. The van der Waals surface area contributed by atoms with Crippen LogP contribution in [-0.2, 0) is 11.2 Å². The first-order valence-corrected chi connectivity index (χ1v) is 5.82. The molecular weight excluding hydrogens is 242 g/mol. The minimum Gasteiger partial charge on any atom is -0.481 e. The van der Waals surface area contributed by atoms with Crippen LogP contribution in [0.2, 0.25) is 0 Å². The zero-order valence-corrected chi connectivity index (χ0v) is 10.0. The summed E-state index contributed by atoms with van der Waals surface area (Å²) in [6, 6.07) is 9.31. The summed E-state index contributed by atoms with van der Waals surface area (Å²) >= 11 is 0. The number of aromatic nitrogens is 3. The molecule has 0 atom stereocenters. The summed E-state index contributed by atoms with van der Waals surface area (Å²) in [5.41, 5.74) is 1.61. The molecule has 3 rings (SSSR count). The van der Waals surface area contributed by atoms with Gasteiger partial charge in [-0.15, -0.1) is 0 Å². The van der Waals surface area contributed by atoms with Gasteiger partial charge in [-0.25, -0.2) is 9.97 Å². The molecule has 0 fully saturated rings. The van der Waals surface area contributed by atoms with Crippen molar-refractivity contribution in [2.24, 2.45) is 0 Å². The van der Waals surface area contributed by atoms with Gasteiger partial charge in [-0.3, -0.25) is 9.36 Å². The second-order valence-corrected chi connectivity index (χ2v) is 4.24. The van der Waals surface area contributed by atoms with Crippen LogP contribution in [0.25, 0.3) is 16.7 Å². The van der Waals surface area contributed by atoms with Crippen molar-refractivity contribution >= 4 is 16.9 Å². The molecule has 0 aliphatic carbocycles. The Labute approximate surface area is 109 Å². The van der Waals surface area contributed by atoms with Crippen LogP contribution in [0.4, 0.5) is 0 Å². The second-order valence-electron chi connectivity index (χ2n) is 4.24. The van der Waals surface area contributed by atoms with Gasteiger partial charge < -0.3 is 5.11 Å². The maximum Gasteiger partial charge on any atom is 0.307 e. The van der Waals surface area contributed by atoms with Crippen molar-refractivity contribution in [1.82, 2.24) is 14.5 Å². The van der Waals surface area contributed by atoms with Gasteiger partial charge in [0.05, 0.1) is 11.9 Å². The fourth-order valence-corrected chi connectivity index (χ4v) is 1.99. The normalized spacial score (nSPS) is 10.7. The van der Waals surface area contributed by atoms with Crippen LogP contribution in [0, 0.1) is 0 Å². The number of fused-ring (bicyclic) bond motifs is 1. The van der Waals surface area contributed by atoms with Gasteiger partial charge in [0.15, 0.2) is 0 Å². The van der Waals surface area contributed by atoms with Gasteiger partial charge in [0.2, 0.25) is 0 Å². The van der Waals surface area contributed by atoms with Gasteiger partial charge in [-0.05, 0) is 29.8 Å². The van der Waals surface area contributed by atoms with Crippen LogP contribution in [0.15, 0.2) is 49.1 Å². The van der Waals surface area contributed by atoms with Gasteiger partial charge in [0.1, 0.15) is 12.1 Å². The van der Waals surface area contributed by atoms with Crippen molar-refractivity contribution in [3.05, 3.63) is 54.6 Å². The third-order valence-corrected chi connectivity index (χ3v) is 2.86. The average Bonchev–Trinajstić information content (AvgIpc) is 2.91. The summed E-state index contributed by atoms with van der Waals surface area (Å²) < 4.78 is 1.82. The van der Waals surface area contributed by atoms with Crippen LogP contribution in [0.5, 0.6) is 0 Å². The monoisotopic (exact) mass is 253 g/mol. The van der Waals surface area contributed by atoms with E-state index in [0.29, 0.717) is 0 Å². The number of imidazole rings is 1. The zero-order valence-electron chi connectivity index (χ0n) is 10.0. The number of hydrogen-bond acceptors (Lipinski definition) is 3. The SMILES string of the molecule is O=C(O)Cc1ccc2nc(-n3ccnc3)ccc2c1. The highest BCUT2D eigenvalue weighted by molar-refractivity contribution is 5.81. The zero-order chi connectivity index (χ0) is 13.2. The van der Waals surface area contributed by atoms with Gasteiger partial charge in [0, 0.05) is 17.8 Å². The molecule has 5 heteroatoms. The maximum atomic E-state index is 10.7. The molecule has 94 valence electrons. The summed E-state index contributed by atoms with van der Waals surface area (Å²) in [5.74, 6) is -0.0432. The summed E-state index contributed by atoms with van der Waals surface area (Å²) in [6.45, 7) is 0. The largest absolute Gasteiger partial charge is 0.481 e. The summed E-state index contributed by atoms with van der Waals surface area (Å²) in [7, 11) is 0. The molecule has 0 spiro atoms. The molecule has 0 aliphatic heterocycles. The molecular formula is C14H11N3O2. The number of carboxylic acid groups (broad SMARTS) is 1. The summed E-state index contributed by atoms with van der Waals surface area (Å²) in [4.78, 5) is 19.2. The van der Waals surface area contributed by atoms with E-state index < -0.39 is 5.97 Å². The number of rotatable bonds is 3. The van der Waals surface area contributed by atoms with Crippen LogP contribution in [0.1, 0.15) is 5.56 Å². The first kappa shape index (κ1) is 11.4. The minimum absolute atomic E-state index is 0.0270. The summed E-state index contributed by atoms with van der Waals surface area (Å²) in [6.07, 6.45) is 5.24. The molecule has 0 saturated heterocycles. The third kappa shape index (κ3) is 2.30. The highest BCUT2D eigenvalue weighted by Crippen LogP contribution is 2.17. The molecule has 0 radical (unpaired) electrons. The van der Waals surface area contributed by atoms with Crippen molar-refractivity contribution < 1.29 is 9.90 Å². The predicted octanol–water partition coefficient (Wildman–Crippen LogP) is 2.05. The Bertz CT molecular complexity index is 736. The molecule has 0 saturated carbocycles. The van der Waals surface area contributed by atoms with E-state index in [1.54, 1.807) is 18.6 Å². The van der Waals surface area contributed by atoms with E-state index in [4.69, 9.17) is 5.11 Å². The predicted molar refractivity (Wildman–Crippen MR) is 70.2 cm³/mol. The van der Waals surface area contributed by atoms with E-state index in [2.05, 4.69) is 9.97 Å². The lowest BCUT2D eigenvalue weighted by Crippen LogP contribution is -2.00. The Balaban J connectivity index is 2.03. The lowest BCUT2D eigenvalue weighted by atomic mass is 10.1. The molecule has 1 aromatic carbocycles. The Kier molecular flexibility index (Phi) is 2.72. The van der Waals surface area contributed by atoms with Crippen molar-refractivity contribution in [3.63, 3.8) is 0 Å². The van der Waals surface area contributed by atoms with E-state index in [-0.39, 0.29) is 6.42 Å². The Morgan fingerprint density at radius 1 is 1.26 bits per heavy atom. The van der Waals surface area contributed by atoms with E-state index in [1.165, 1.54) is 0 Å². The average molecular weight is 253 g/mol. The van der Waals surface area contributed by atoms with E-state index in [1.807, 2.05) is 35.0 Å². The van der Waals surface area contributed by atoms with Crippen LogP contribution in [-0.4, -0.2) is 25.6 Å². The Morgan fingerprint density at radius 2 is 2.16 bits per heavy atom. The van der Waals surface area contributed by atoms with Crippen molar-refractivity contribution in [1.29, 1.82) is 0 Å². The first-order valence-electron chi connectivity index (χ1n) is 5.82. The van der Waals surface area contributed by atoms with E-state index >= 15 is 0 Å². The van der Waals surface area contributed by atoms with Crippen molar-refractivity contribution in [2.45, 2.75) is 6.42 Å². The maximum absolute atomic E-state index is 10.7. The molecule has 0 unspecified atom stereocenters. The highest BCUT2D eigenvalue weighted by atomic mass is 16.4. The lowest BCUT2D eigenvalue weighted by molar-refractivity contribution is -0.136. The van der Waals surface area contributed by atoms with Gasteiger partial charge in [0.25, 0.3) is 0 Å². The highest BCUT2D eigenvalue weighted by Gasteiger charge is 2.04. The molecule has 3 aromatic rings. The molecule has 0 bridgehead atoms. The topological polar surface area (TPSA) is 68.0 Å². The van der Waals surface area contributed by atoms with E-state index in [9.17, 15) is 4.79 Å². The number of hydrogen-bond donors (Lipinski definition) is 1. The second kappa shape index (κ2) is 4.53.